The Kier molecular flexibility index (Phi) is 4.53. The first-order valence-electron chi connectivity index (χ1n) is 6.87. The van der Waals surface area contributed by atoms with Crippen molar-refractivity contribution in [2.75, 3.05) is 6.54 Å². The summed E-state index contributed by atoms with van der Waals surface area (Å²) in [7, 11) is 0. The molecule has 0 aliphatic heterocycles. The molecule has 0 unspecified atom stereocenters. The molecule has 0 aromatic heterocycles. The highest BCUT2D eigenvalue weighted by Crippen LogP contribution is 2.25. The number of carboxylic acids is 1. The second kappa shape index (κ2) is 6.15. The van der Waals surface area contributed by atoms with Gasteiger partial charge in [-0.25, -0.2) is 9.18 Å². The minimum absolute atomic E-state index is 0.152. The van der Waals surface area contributed by atoms with Crippen LogP contribution >= 0.6 is 0 Å². The summed E-state index contributed by atoms with van der Waals surface area (Å²) in [5.74, 6) is -1.33. The first kappa shape index (κ1) is 14.0. The lowest BCUT2D eigenvalue weighted by molar-refractivity contribution is 0.0696. The average molecular weight is 265 g/mol. The van der Waals surface area contributed by atoms with E-state index in [1.165, 1.54) is 31.0 Å². The molecule has 0 radical (unpaired) electrons. The molecule has 2 rings (SSSR count). The predicted molar refractivity (Wildman–Crippen MR) is 71.7 cm³/mol. The summed E-state index contributed by atoms with van der Waals surface area (Å²) in [4.78, 5) is 13.2. The van der Waals surface area contributed by atoms with Crippen molar-refractivity contribution in [1.82, 2.24) is 4.90 Å². The maximum Gasteiger partial charge on any atom is 0.335 e. The number of aromatic carboxylic acids is 1. The standard InChI is InChI=1S/C15H20FNO2/c1-2-17(13-5-3-4-6-13)10-12-9-11(15(18)19)7-8-14(12)16/h7-9,13H,2-6,10H2,1H3,(H,18,19). The maximum absolute atomic E-state index is 13.8. The number of rotatable bonds is 5. The zero-order chi connectivity index (χ0) is 13.8. The zero-order valence-electron chi connectivity index (χ0n) is 11.2. The van der Waals surface area contributed by atoms with Gasteiger partial charge < -0.3 is 5.11 Å². The minimum Gasteiger partial charge on any atom is -0.478 e. The van der Waals surface area contributed by atoms with Crippen LogP contribution in [-0.2, 0) is 6.54 Å². The number of hydrogen-bond donors (Lipinski definition) is 1. The molecule has 0 atom stereocenters. The topological polar surface area (TPSA) is 40.5 Å². The number of hydrogen-bond acceptors (Lipinski definition) is 2. The predicted octanol–water partition coefficient (Wildman–Crippen LogP) is 3.29. The molecule has 1 aromatic rings. The van der Waals surface area contributed by atoms with E-state index in [0.717, 1.165) is 19.4 Å². The second-order valence-electron chi connectivity index (χ2n) is 5.11. The van der Waals surface area contributed by atoms with Gasteiger partial charge in [-0.1, -0.05) is 19.8 Å². The summed E-state index contributed by atoms with van der Waals surface area (Å²) in [6.07, 6.45) is 4.79. The molecule has 0 saturated heterocycles. The van der Waals surface area contributed by atoms with Crippen molar-refractivity contribution >= 4 is 5.97 Å². The SMILES string of the molecule is CCN(Cc1cc(C(=O)O)ccc1F)C1CCCC1. The first-order chi connectivity index (χ1) is 9.11. The zero-order valence-corrected chi connectivity index (χ0v) is 11.2. The Morgan fingerprint density at radius 1 is 1.42 bits per heavy atom. The molecule has 1 fully saturated rings. The van der Waals surface area contributed by atoms with E-state index >= 15 is 0 Å². The van der Waals surface area contributed by atoms with E-state index in [1.54, 1.807) is 0 Å². The van der Waals surface area contributed by atoms with Crippen LogP contribution in [0.5, 0.6) is 0 Å². The van der Waals surface area contributed by atoms with Crippen LogP contribution in [0.3, 0.4) is 0 Å². The summed E-state index contributed by atoms with van der Waals surface area (Å²) >= 11 is 0. The van der Waals surface area contributed by atoms with Gasteiger partial charge in [-0.2, -0.15) is 0 Å². The van der Waals surface area contributed by atoms with Gasteiger partial charge in [-0.05, 0) is 37.6 Å². The lowest BCUT2D eigenvalue weighted by atomic mass is 10.1. The fourth-order valence-electron chi connectivity index (χ4n) is 2.82. The summed E-state index contributed by atoms with van der Waals surface area (Å²) in [6.45, 7) is 3.42. The fourth-order valence-corrected chi connectivity index (χ4v) is 2.82. The molecular weight excluding hydrogens is 245 g/mol. The Morgan fingerprint density at radius 3 is 2.68 bits per heavy atom. The van der Waals surface area contributed by atoms with Gasteiger partial charge >= 0.3 is 5.97 Å². The van der Waals surface area contributed by atoms with Crippen LogP contribution in [0.1, 0.15) is 48.5 Å². The molecule has 4 heteroatoms. The van der Waals surface area contributed by atoms with Gasteiger partial charge in [0.05, 0.1) is 5.56 Å². The molecule has 1 aliphatic rings. The van der Waals surface area contributed by atoms with E-state index in [9.17, 15) is 9.18 Å². The largest absolute Gasteiger partial charge is 0.478 e. The fraction of sp³-hybridized carbons (Fsp3) is 0.533. The van der Waals surface area contributed by atoms with E-state index in [4.69, 9.17) is 5.11 Å². The molecule has 1 N–H and O–H groups in total. The van der Waals surface area contributed by atoms with Crippen LogP contribution in [0.25, 0.3) is 0 Å². The third-order valence-electron chi connectivity index (χ3n) is 3.91. The van der Waals surface area contributed by atoms with Crippen LogP contribution in [0.2, 0.25) is 0 Å². The van der Waals surface area contributed by atoms with Gasteiger partial charge in [0.25, 0.3) is 0 Å². The van der Waals surface area contributed by atoms with Gasteiger partial charge in [0, 0.05) is 18.2 Å². The van der Waals surface area contributed by atoms with Crippen molar-refractivity contribution in [3.63, 3.8) is 0 Å². The molecule has 1 aromatic carbocycles. The van der Waals surface area contributed by atoms with Gasteiger partial charge in [0.2, 0.25) is 0 Å². The summed E-state index contributed by atoms with van der Waals surface area (Å²) in [5.41, 5.74) is 0.632. The number of carbonyl (C=O) groups is 1. The molecule has 104 valence electrons. The van der Waals surface area contributed by atoms with Crippen molar-refractivity contribution in [1.29, 1.82) is 0 Å². The number of benzene rings is 1. The van der Waals surface area contributed by atoms with E-state index < -0.39 is 5.97 Å². The maximum atomic E-state index is 13.8. The average Bonchev–Trinajstić information content (AvgIpc) is 2.91. The van der Waals surface area contributed by atoms with E-state index in [-0.39, 0.29) is 11.4 Å². The second-order valence-corrected chi connectivity index (χ2v) is 5.11. The Bertz CT molecular complexity index is 455. The van der Waals surface area contributed by atoms with Gasteiger partial charge in [-0.3, -0.25) is 4.90 Å². The summed E-state index contributed by atoms with van der Waals surface area (Å²) in [5, 5.41) is 8.97. The van der Waals surface area contributed by atoms with Crippen molar-refractivity contribution in [2.45, 2.75) is 45.2 Å². The minimum atomic E-state index is -1.01. The number of nitrogens with zero attached hydrogens (tertiary/aromatic N) is 1. The molecule has 1 aliphatic carbocycles. The Balaban J connectivity index is 2.15. The highest BCUT2D eigenvalue weighted by atomic mass is 19.1. The third kappa shape index (κ3) is 3.32. The van der Waals surface area contributed by atoms with Crippen molar-refractivity contribution in [2.24, 2.45) is 0 Å². The molecule has 3 nitrogen and oxygen atoms in total. The van der Waals surface area contributed by atoms with Crippen LogP contribution in [0.15, 0.2) is 18.2 Å². The van der Waals surface area contributed by atoms with Crippen LogP contribution < -0.4 is 0 Å². The Morgan fingerprint density at radius 2 is 2.11 bits per heavy atom. The third-order valence-corrected chi connectivity index (χ3v) is 3.91. The van der Waals surface area contributed by atoms with Crippen molar-refractivity contribution in [3.8, 4) is 0 Å². The number of carboxylic acid groups (broad SMARTS) is 1. The van der Waals surface area contributed by atoms with Crippen LogP contribution in [-0.4, -0.2) is 28.6 Å². The molecule has 0 spiro atoms. The van der Waals surface area contributed by atoms with E-state index in [1.807, 2.05) is 0 Å². The Labute approximate surface area is 113 Å². The highest BCUT2D eigenvalue weighted by molar-refractivity contribution is 5.87. The summed E-state index contributed by atoms with van der Waals surface area (Å²) < 4.78 is 13.8. The van der Waals surface area contributed by atoms with E-state index in [0.29, 0.717) is 18.2 Å². The normalized spacial score (nSPS) is 16.2. The number of halogens is 1. The first-order valence-corrected chi connectivity index (χ1v) is 6.87. The molecule has 0 bridgehead atoms. The van der Waals surface area contributed by atoms with Crippen molar-refractivity contribution in [3.05, 3.63) is 35.1 Å². The van der Waals surface area contributed by atoms with Gasteiger partial charge in [0.1, 0.15) is 5.82 Å². The molecule has 0 amide bonds. The Hall–Kier alpha value is -1.42. The monoisotopic (exact) mass is 265 g/mol. The lowest BCUT2D eigenvalue weighted by Gasteiger charge is -2.27. The molecule has 0 heterocycles. The highest BCUT2D eigenvalue weighted by Gasteiger charge is 2.22. The van der Waals surface area contributed by atoms with E-state index in [2.05, 4.69) is 11.8 Å². The lowest BCUT2D eigenvalue weighted by Crippen LogP contribution is -2.32. The quantitative estimate of drug-likeness (QED) is 0.888. The smallest absolute Gasteiger partial charge is 0.335 e. The van der Waals surface area contributed by atoms with Gasteiger partial charge in [0.15, 0.2) is 0 Å². The summed E-state index contributed by atoms with van der Waals surface area (Å²) in [6, 6.07) is 4.53. The molecule has 19 heavy (non-hydrogen) atoms. The molecular formula is C15H20FNO2. The van der Waals surface area contributed by atoms with Gasteiger partial charge in [-0.15, -0.1) is 0 Å². The van der Waals surface area contributed by atoms with Crippen molar-refractivity contribution < 1.29 is 14.3 Å². The van der Waals surface area contributed by atoms with Crippen LogP contribution in [0, 0.1) is 5.82 Å². The van der Waals surface area contributed by atoms with Crippen LogP contribution in [0.4, 0.5) is 4.39 Å². The molecule has 1 saturated carbocycles.